The number of fused-ring (bicyclic) bond motifs is 2. The second kappa shape index (κ2) is 15.7. The lowest BCUT2D eigenvalue weighted by atomic mass is 9.31. The number of ketones is 1. The van der Waals surface area contributed by atoms with Gasteiger partial charge in [-0.05, 0) is 55.7 Å². The number of esters is 4. The largest absolute Gasteiger partial charge is 0.467 e. The maximum absolute atomic E-state index is 15.4. The highest BCUT2D eigenvalue weighted by Crippen LogP contribution is 2.76. The Labute approximate surface area is 350 Å². The zero-order valence-corrected chi connectivity index (χ0v) is 35.1. The first-order valence-electron chi connectivity index (χ1n) is 20.1. The van der Waals surface area contributed by atoms with Gasteiger partial charge in [0, 0.05) is 44.3 Å². The number of furan rings is 1. The van der Waals surface area contributed by atoms with Gasteiger partial charge in [-0.25, -0.2) is 9.59 Å². The Kier molecular flexibility index (Phi) is 11.4. The van der Waals surface area contributed by atoms with E-state index in [-0.39, 0.29) is 41.9 Å². The number of carbonyl (C=O) groups is 6. The van der Waals surface area contributed by atoms with Gasteiger partial charge in [0.2, 0.25) is 0 Å². The van der Waals surface area contributed by atoms with Crippen LogP contribution < -0.4 is 5.32 Å². The lowest BCUT2D eigenvalue weighted by molar-refractivity contribution is -0.403. The normalized spacial score (nSPS) is 36.0. The van der Waals surface area contributed by atoms with Crippen molar-refractivity contribution in [3.05, 3.63) is 71.2 Å². The van der Waals surface area contributed by atoms with Crippen molar-refractivity contribution in [2.75, 3.05) is 12.4 Å². The van der Waals surface area contributed by atoms with Gasteiger partial charge in [0.05, 0.1) is 35.9 Å². The number of carbonyl (C=O) groups excluding carboxylic acids is 6. The van der Waals surface area contributed by atoms with E-state index in [1.165, 1.54) is 44.4 Å². The molecule has 16 nitrogen and oxygen atoms in total. The number of rotatable bonds is 12. The first-order chi connectivity index (χ1) is 28.3. The van der Waals surface area contributed by atoms with E-state index in [4.69, 9.17) is 28.1 Å². The fourth-order valence-corrected chi connectivity index (χ4v) is 11.6. The molecule has 12 atom stereocenters. The number of thioether (sulfide) groups is 1. The molecule has 1 aromatic heterocycles. The van der Waals surface area contributed by atoms with Crippen LogP contribution in [0.3, 0.4) is 0 Å². The van der Waals surface area contributed by atoms with Gasteiger partial charge in [0.15, 0.2) is 29.2 Å². The first kappa shape index (κ1) is 43.5. The number of nitrogens with one attached hydrogen (secondary N) is 1. The Hall–Kier alpha value is -4.55. The van der Waals surface area contributed by atoms with Gasteiger partial charge in [-0.3, -0.25) is 19.2 Å². The van der Waals surface area contributed by atoms with E-state index in [2.05, 4.69) is 5.32 Å². The monoisotopic (exact) mass is 853 g/mol. The van der Waals surface area contributed by atoms with E-state index in [0.29, 0.717) is 5.75 Å². The fourth-order valence-electron chi connectivity index (χ4n) is 10.8. The fraction of sp³-hybridized carbons (Fsp3) is 0.581. The van der Waals surface area contributed by atoms with E-state index in [0.717, 1.165) is 38.5 Å². The highest BCUT2D eigenvalue weighted by molar-refractivity contribution is 8.13. The molecule has 1 aliphatic heterocycles. The molecule has 5 aliphatic carbocycles. The lowest BCUT2D eigenvalue weighted by Crippen LogP contribution is -2.91. The molecule has 0 radical (unpaired) electrons. The Morgan fingerprint density at radius 2 is 1.73 bits per heavy atom. The third-order valence-corrected chi connectivity index (χ3v) is 14.4. The zero-order chi connectivity index (χ0) is 43.6. The average molecular weight is 854 g/mol. The molecule has 60 heavy (non-hydrogen) atoms. The summed E-state index contributed by atoms with van der Waals surface area (Å²) in [5, 5.41) is 39.4. The number of aliphatic hydroxyl groups excluding tert-OH is 2. The maximum atomic E-state index is 15.4. The smallest absolute Gasteiger partial charge is 0.338 e. The number of hydrogen-bond acceptors (Lipinski definition) is 16. The van der Waals surface area contributed by atoms with Gasteiger partial charge in [-0.1, -0.05) is 50.2 Å². The molecular formula is C43H51NO15S. The Balaban J connectivity index is 1.38. The second-order valence-corrected chi connectivity index (χ2v) is 18.0. The van der Waals surface area contributed by atoms with Crippen LogP contribution in [0.5, 0.6) is 0 Å². The summed E-state index contributed by atoms with van der Waals surface area (Å²) in [7, 11) is 0. The van der Waals surface area contributed by atoms with Gasteiger partial charge in [0.25, 0.3) is 5.24 Å². The molecule has 1 saturated heterocycles. The summed E-state index contributed by atoms with van der Waals surface area (Å²) in [5.41, 5.74) is -9.45. The third kappa shape index (κ3) is 6.50. The molecule has 1 amide bonds. The number of unbranched alkanes of at least 4 members (excludes halogenated alkanes) is 1. The van der Waals surface area contributed by atoms with E-state index < -0.39 is 111 Å². The summed E-state index contributed by atoms with van der Waals surface area (Å²) in [4.78, 5) is 82.8. The highest BCUT2D eigenvalue weighted by atomic mass is 32.2. The van der Waals surface area contributed by atoms with Crippen LogP contribution >= 0.6 is 11.8 Å². The van der Waals surface area contributed by atoms with Crippen LogP contribution in [0.2, 0.25) is 0 Å². The van der Waals surface area contributed by atoms with Gasteiger partial charge < -0.3 is 48.7 Å². The number of hydrogen-bond donors (Lipinski definition) is 4. The zero-order valence-electron chi connectivity index (χ0n) is 34.3. The van der Waals surface area contributed by atoms with Crippen LogP contribution in [-0.2, 0) is 42.9 Å². The topological polar surface area (TPSA) is 234 Å². The summed E-state index contributed by atoms with van der Waals surface area (Å²) >= 11 is 0.968. The number of aliphatic hydroxyl groups is 3. The van der Waals surface area contributed by atoms with Crippen molar-refractivity contribution in [2.45, 2.75) is 127 Å². The number of amides is 1. The molecule has 6 aliphatic rings. The summed E-state index contributed by atoms with van der Waals surface area (Å²) in [5.74, 6) is -5.61. The molecule has 1 unspecified atom stereocenters. The molecule has 2 aromatic rings. The molecule has 4 N–H and O–H groups in total. The number of benzene rings is 1. The van der Waals surface area contributed by atoms with E-state index >= 15 is 4.79 Å². The molecule has 4 saturated carbocycles. The Morgan fingerprint density at radius 3 is 2.33 bits per heavy atom. The number of ether oxygens (including phenoxy) is 5. The molecule has 1 aromatic carbocycles. The molecule has 17 heteroatoms. The third-order valence-electron chi connectivity index (χ3n) is 13.6. The summed E-state index contributed by atoms with van der Waals surface area (Å²) in [6.07, 6.45) is -5.88. The molecule has 8 rings (SSSR count). The predicted octanol–water partition coefficient (Wildman–Crippen LogP) is 3.90. The number of Topliss-reactive ketones (excluding diaryl/α,β-unsaturated/α-hetero) is 1. The van der Waals surface area contributed by atoms with Crippen LogP contribution in [0.4, 0.5) is 4.79 Å². The van der Waals surface area contributed by atoms with Gasteiger partial charge >= 0.3 is 23.9 Å². The Bertz CT molecular complexity index is 2090. The van der Waals surface area contributed by atoms with Crippen molar-refractivity contribution in [3.63, 3.8) is 0 Å². The maximum Gasteiger partial charge on any atom is 0.338 e. The standard InChI is InChI=1S/C43H51NO15S/c1-7-8-17-60-38(52)44-31(26-15-12-16-54-26)32(48)36(51)57-27-19-43(53)39(5)20-42(43,59-35(50)25-13-10-9-11-14-25)37-40(6,34(49)33(56-23(3)45)30(39)22(27)2)28(47)18-29-41(37,21-55-29)58-24(4)46/h9-16,27-29,31-33,37,47-48,53H,7-8,17-21H2,1-6H3,(H,44,52)/t27-,28-,29+,31-,32+,33+,37-,39?,40-,41-,42+,43-/m0/s1. The predicted molar refractivity (Wildman–Crippen MR) is 210 cm³/mol. The molecular weight excluding hydrogens is 803 g/mol. The van der Waals surface area contributed by atoms with Crippen LogP contribution in [0.25, 0.3) is 0 Å². The summed E-state index contributed by atoms with van der Waals surface area (Å²) < 4.78 is 35.9. The van der Waals surface area contributed by atoms with Crippen molar-refractivity contribution in [3.8, 4) is 0 Å². The molecule has 2 heterocycles. The van der Waals surface area contributed by atoms with Gasteiger partial charge in [-0.15, -0.1) is 0 Å². The minimum atomic E-state index is -2.31. The summed E-state index contributed by atoms with van der Waals surface area (Å²) in [6.45, 7) is 8.51. The van der Waals surface area contributed by atoms with Crippen molar-refractivity contribution >= 4 is 46.7 Å². The van der Waals surface area contributed by atoms with Crippen LogP contribution in [0, 0.1) is 16.7 Å². The summed E-state index contributed by atoms with van der Waals surface area (Å²) in [6, 6.07) is 9.48. The lowest BCUT2D eigenvalue weighted by Gasteiger charge is -2.77. The SMILES string of the molecule is CCCCSC(=O)N[C@@H](c1ccco1)[C@@H](O)C(=O)O[C@H]1C[C@]2(O)C3(C)C[C@@]2(OC(=O)c2ccccc2)[C@@H]2[C@]4(OC(C)=O)CO[C@@H]4C[C@H](O)[C@@]2(C)C(=O)[C@H](OC(C)=O)C3=C1C. The van der Waals surface area contributed by atoms with Crippen LogP contribution in [0.1, 0.15) is 95.8 Å². The quantitative estimate of drug-likeness (QED) is 0.103. The minimum absolute atomic E-state index is 0.0515. The highest BCUT2D eigenvalue weighted by Gasteiger charge is 2.89. The van der Waals surface area contributed by atoms with E-state index in [1.54, 1.807) is 25.1 Å². The molecule has 0 spiro atoms. The van der Waals surface area contributed by atoms with Gasteiger partial charge in [-0.2, -0.15) is 0 Å². The first-order valence-corrected chi connectivity index (χ1v) is 21.1. The molecule has 324 valence electrons. The van der Waals surface area contributed by atoms with Gasteiger partial charge in [0.1, 0.15) is 29.6 Å². The van der Waals surface area contributed by atoms with E-state index in [1.807, 2.05) is 6.92 Å². The average Bonchev–Trinajstić information content (AvgIpc) is 3.73. The second-order valence-electron chi connectivity index (χ2n) is 17.0. The Morgan fingerprint density at radius 1 is 1.02 bits per heavy atom. The van der Waals surface area contributed by atoms with Crippen LogP contribution in [-0.4, -0.2) is 110 Å². The van der Waals surface area contributed by atoms with Crippen molar-refractivity contribution in [1.29, 1.82) is 0 Å². The minimum Gasteiger partial charge on any atom is -0.467 e. The van der Waals surface area contributed by atoms with Crippen LogP contribution in [0.15, 0.2) is 64.3 Å². The van der Waals surface area contributed by atoms with Crippen molar-refractivity contribution in [1.82, 2.24) is 5.32 Å². The molecule has 5 fully saturated rings. The van der Waals surface area contributed by atoms with Crippen molar-refractivity contribution in [2.24, 2.45) is 16.7 Å². The van der Waals surface area contributed by atoms with E-state index in [9.17, 15) is 39.3 Å². The molecule has 4 bridgehead atoms. The van der Waals surface area contributed by atoms with Crippen molar-refractivity contribution < 1.29 is 72.2 Å².